The van der Waals surface area contributed by atoms with Crippen molar-refractivity contribution in [3.05, 3.63) is 27.4 Å². The lowest BCUT2D eigenvalue weighted by Crippen LogP contribution is -2.16. The molecule has 0 aliphatic rings. The van der Waals surface area contributed by atoms with Crippen molar-refractivity contribution in [1.82, 2.24) is 4.98 Å². The lowest BCUT2D eigenvalue weighted by molar-refractivity contribution is -0.386. The quantitative estimate of drug-likeness (QED) is 0.339. The second-order valence-corrected chi connectivity index (χ2v) is 2.95. The number of nitrogens with one attached hydrogen (secondary N) is 1. The zero-order valence-electron chi connectivity index (χ0n) is 9.21. The van der Waals surface area contributed by atoms with Gasteiger partial charge in [-0.25, -0.2) is 4.98 Å². The van der Waals surface area contributed by atoms with E-state index in [9.17, 15) is 15.3 Å². The van der Waals surface area contributed by atoms with Crippen LogP contribution in [0.5, 0.6) is 0 Å². The van der Waals surface area contributed by atoms with Crippen molar-refractivity contribution < 1.29 is 11.5 Å². The Morgan fingerprint density at radius 3 is 2.93 bits per heavy atom. The summed E-state index contributed by atoms with van der Waals surface area (Å²) in [7, 11) is 0. The fourth-order valence-electron chi connectivity index (χ4n) is 1.26. The molecule has 15 heavy (non-hydrogen) atoms. The Morgan fingerprint density at radius 2 is 2.47 bits per heavy atom. The van der Waals surface area contributed by atoms with Crippen LogP contribution in [-0.4, -0.2) is 21.5 Å². The SMILES string of the molecule is [H]/N=C/N(O)c1cc(C)c([N+](=O)[O-])c(C)n1. The van der Waals surface area contributed by atoms with Gasteiger partial charge in [0.1, 0.15) is 12.0 Å². The first-order valence-corrected chi connectivity index (χ1v) is 4.05. The van der Waals surface area contributed by atoms with Crippen LogP contribution in [0.2, 0.25) is 1.41 Å². The van der Waals surface area contributed by atoms with E-state index < -0.39 is 4.92 Å². The molecule has 0 radical (unpaired) electrons. The summed E-state index contributed by atoms with van der Waals surface area (Å²) in [4.78, 5) is 14.0. The molecular weight excluding hydrogens is 200 g/mol. The fourth-order valence-corrected chi connectivity index (χ4v) is 1.26. The zero-order chi connectivity index (χ0) is 12.3. The topological polar surface area (TPSA) is 103 Å². The molecule has 0 spiro atoms. The van der Waals surface area contributed by atoms with Crippen LogP contribution in [0.4, 0.5) is 11.5 Å². The number of hydroxylamine groups is 1. The van der Waals surface area contributed by atoms with Crippen LogP contribution in [0.3, 0.4) is 0 Å². The summed E-state index contributed by atoms with van der Waals surface area (Å²) in [6, 6.07) is 1.34. The predicted molar refractivity (Wildman–Crippen MR) is 53.4 cm³/mol. The third kappa shape index (κ3) is 2.08. The van der Waals surface area contributed by atoms with E-state index in [2.05, 4.69) is 10.4 Å². The standard InChI is InChI=1S/C8H10N4O3/c1-5-3-7(11(13)4-9)10-6(2)8(5)12(14)15/h3-4,9,13H,1-2H3/b9-4+. The van der Waals surface area contributed by atoms with Crippen LogP contribution in [0, 0.1) is 29.4 Å². The number of hydrogen-bond donors (Lipinski definition) is 2. The largest absolute Gasteiger partial charge is 0.293 e. The second kappa shape index (κ2) is 4.01. The second-order valence-electron chi connectivity index (χ2n) is 2.95. The number of aromatic nitrogens is 1. The molecule has 0 fully saturated rings. The van der Waals surface area contributed by atoms with Crippen LogP contribution in [0.15, 0.2) is 6.07 Å². The third-order valence-corrected chi connectivity index (χ3v) is 1.87. The van der Waals surface area contributed by atoms with Crippen LogP contribution < -0.4 is 5.06 Å². The normalized spacial score (nSPS) is 11.5. The Morgan fingerprint density at radius 1 is 1.80 bits per heavy atom. The van der Waals surface area contributed by atoms with E-state index in [1.807, 2.05) is 0 Å². The molecule has 0 atom stereocenters. The van der Waals surface area contributed by atoms with Gasteiger partial charge < -0.3 is 0 Å². The average molecular weight is 210 g/mol. The van der Waals surface area contributed by atoms with Gasteiger partial charge >= 0.3 is 0 Å². The molecule has 0 aliphatic carbocycles. The molecule has 7 nitrogen and oxygen atoms in total. The Hall–Kier alpha value is -2.02. The Bertz CT molecular complexity index is 426. The summed E-state index contributed by atoms with van der Waals surface area (Å²) >= 11 is 0. The first-order chi connectivity index (χ1) is 7.47. The minimum Gasteiger partial charge on any atom is -0.289 e. The number of rotatable bonds is 3. The zero-order valence-corrected chi connectivity index (χ0v) is 8.21. The maximum atomic E-state index is 10.7. The van der Waals surface area contributed by atoms with Crippen LogP contribution in [-0.2, 0) is 0 Å². The predicted octanol–water partition coefficient (Wildman–Crippen LogP) is 1.41. The number of nitrogens with zero attached hydrogens (tertiary/aromatic N) is 3. The molecule has 0 saturated carbocycles. The van der Waals surface area contributed by atoms with E-state index >= 15 is 0 Å². The minimum absolute atomic E-state index is 0.0802. The van der Waals surface area contributed by atoms with Gasteiger partial charge in [-0.3, -0.25) is 20.7 Å². The molecule has 0 aromatic carbocycles. The maximum Gasteiger partial charge on any atom is 0.293 e. The molecule has 2 N–H and O–H groups in total. The summed E-state index contributed by atoms with van der Waals surface area (Å²) in [6.07, 6.45) is 0.826. The van der Waals surface area contributed by atoms with E-state index in [-0.39, 0.29) is 17.2 Å². The Kier molecular flexibility index (Phi) is 2.55. The van der Waals surface area contributed by atoms with E-state index in [1.54, 1.807) is 6.92 Å². The summed E-state index contributed by atoms with van der Waals surface area (Å²) in [5.41, 5.74) is 0.488. The van der Waals surface area contributed by atoms with Gasteiger partial charge in [0.25, 0.3) is 5.69 Å². The molecule has 0 unspecified atom stereocenters. The Labute approximate surface area is 87.1 Å². The average Bonchev–Trinajstić information content (AvgIpc) is 2.16. The molecule has 0 bridgehead atoms. The van der Waals surface area contributed by atoms with Gasteiger partial charge in [0.05, 0.1) is 4.92 Å². The van der Waals surface area contributed by atoms with Crippen LogP contribution in [0.25, 0.3) is 0 Å². The number of aryl methyl sites for hydroxylation is 2. The van der Waals surface area contributed by atoms with Crippen molar-refractivity contribution in [2.45, 2.75) is 13.8 Å². The van der Waals surface area contributed by atoms with Gasteiger partial charge in [-0.2, -0.15) is 5.06 Å². The van der Waals surface area contributed by atoms with Gasteiger partial charge in [0.15, 0.2) is 7.23 Å². The number of anilines is 1. The highest BCUT2D eigenvalue weighted by Gasteiger charge is 2.18. The summed E-state index contributed by atoms with van der Waals surface area (Å²) in [5, 5.41) is 23.4. The van der Waals surface area contributed by atoms with E-state index in [0.717, 1.165) is 6.34 Å². The molecule has 1 aromatic rings. The fraction of sp³-hybridized carbons (Fsp3) is 0.250. The van der Waals surface area contributed by atoms with E-state index in [1.165, 1.54) is 13.0 Å². The van der Waals surface area contributed by atoms with Crippen molar-refractivity contribution in [2.75, 3.05) is 5.06 Å². The van der Waals surface area contributed by atoms with Crippen molar-refractivity contribution >= 4 is 17.8 Å². The van der Waals surface area contributed by atoms with Crippen molar-refractivity contribution in [3.63, 3.8) is 0 Å². The molecular formula is C8H10N4O3. The van der Waals surface area contributed by atoms with Crippen molar-refractivity contribution in [2.24, 2.45) is 0 Å². The van der Waals surface area contributed by atoms with Crippen LogP contribution >= 0.6 is 0 Å². The van der Waals surface area contributed by atoms with Gasteiger partial charge in [-0.1, -0.05) is 0 Å². The molecule has 1 aromatic heterocycles. The molecule has 0 aliphatic heterocycles. The maximum absolute atomic E-state index is 10.7. The molecule has 7 heteroatoms. The first kappa shape index (κ1) is 9.53. The van der Waals surface area contributed by atoms with Crippen LogP contribution in [0.1, 0.15) is 11.3 Å². The van der Waals surface area contributed by atoms with Gasteiger partial charge in [-0.15, -0.1) is 0 Å². The monoisotopic (exact) mass is 210 g/mol. The number of nitro groups is 1. The third-order valence-electron chi connectivity index (χ3n) is 1.87. The highest BCUT2D eigenvalue weighted by Crippen LogP contribution is 2.24. The molecule has 0 saturated heterocycles. The lowest BCUT2D eigenvalue weighted by atomic mass is 10.2. The summed E-state index contributed by atoms with van der Waals surface area (Å²) < 4.78 is 6.53. The summed E-state index contributed by atoms with van der Waals surface area (Å²) in [5.74, 6) is 0.0802. The van der Waals surface area contributed by atoms with Gasteiger partial charge in [-0.05, 0) is 19.9 Å². The van der Waals surface area contributed by atoms with Gasteiger partial charge in [0.2, 0.25) is 0 Å². The molecule has 0 amide bonds. The highest BCUT2D eigenvalue weighted by atomic mass is 16.6. The number of pyridine rings is 1. The lowest BCUT2D eigenvalue weighted by Gasteiger charge is -2.10. The van der Waals surface area contributed by atoms with E-state index in [0.29, 0.717) is 10.6 Å². The van der Waals surface area contributed by atoms with Crippen molar-refractivity contribution in [3.8, 4) is 0 Å². The molecule has 80 valence electrons. The smallest absolute Gasteiger partial charge is 0.289 e. The Balaban J connectivity index is 3.24. The molecule has 1 rings (SSSR count). The summed E-state index contributed by atoms with van der Waals surface area (Å²) in [6.45, 7) is 3.02. The highest BCUT2D eigenvalue weighted by molar-refractivity contribution is 5.72. The minimum atomic E-state index is -0.526. The van der Waals surface area contributed by atoms with Gasteiger partial charge in [0, 0.05) is 5.56 Å². The van der Waals surface area contributed by atoms with E-state index in [4.69, 9.17) is 1.41 Å². The number of hydrogen-bond acceptors (Lipinski definition) is 5. The first-order valence-electron chi connectivity index (χ1n) is 4.50. The molecule has 1 heterocycles. The van der Waals surface area contributed by atoms with Crippen molar-refractivity contribution in [1.29, 1.82) is 5.40 Å².